The normalized spacial score (nSPS) is 23.1. The van der Waals surface area contributed by atoms with Crippen molar-refractivity contribution in [3.8, 4) is 0 Å². The van der Waals surface area contributed by atoms with E-state index in [1.54, 1.807) is 7.05 Å². The molecule has 1 aromatic rings. The van der Waals surface area contributed by atoms with Crippen LogP contribution in [0.5, 0.6) is 0 Å². The number of carbonyl (C=O) groups is 1. The highest BCUT2D eigenvalue weighted by atomic mass is 19.1. The fourth-order valence-electron chi connectivity index (χ4n) is 2.55. The second-order valence-corrected chi connectivity index (χ2v) is 4.95. The molecule has 0 saturated carbocycles. The lowest BCUT2D eigenvalue weighted by molar-refractivity contribution is -0.123. The highest BCUT2D eigenvalue weighted by Gasteiger charge is 2.26. The maximum absolute atomic E-state index is 13.6. The van der Waals surface area contributed by atoms with Gasteiger partial charge in [0.1, 0.15) is 11.6 Å². The van der Waals surface area contributed by atoms with Crippen molar-refractivity contribution in [3.63, 3.8) is 0 Å². The van der Waals surface area contributed by atoms with E-state index in [-0.39, 0.29) is 17.9 Å². The van der Waals surface area contributed by atoms with Gasteiger partial charge in [0.25, 0.3) is 0 Å². The van der Waals surface area contributed by atoms with Crippen LogP contribution in [0.1, 0.15) is 18.4 Å². The topological polar surface area (TPSA) is 41.1 Å². The Kier molecular flexibility index (Phi) is 4.47. The molecule has 0 aliphatic carbocycles. The highest BCUT2D eigenvalue weighted by Crippen LogP contribution is 2.23. The van der Waals surface area contributed by atoms with E-state index in [1.165, 1.54) is 12.1 Å². The van der Waals surface area contributed by atoms with Crippen molar-refractivity contribution in [1.82, 2.24) is 10.6 Å². The van der Waals surface area contributed by atoms with Gasteiger partial charge in [-0.05, 0) is 43.4 Å². The standard InChI is InChI=1S/C14H18F2N2O/c1-17-14(19)13-7-9(4-5-18-13)6-10-2-3-11(15)8-12(10)16/h2-3,8-9,13,18H,4-7H2,1H3,(H,17,19). The van der Waals surface area contributed by atoms with E-state index < -0.39 is 11.6 Å². The number of likely N-dealkylation sites (N-methyl/N-ethyl adjacent to an activating group) is 1. The van der Waals surface area contributed by atoms with E-state index in [1.807, 2.05) is 0 Å². The Balaban J connectivity index is 2.00. The van der Waals surface area contributed by atoms with Crippen LogP contribution in [0.4, 0.5) is 8.78 Å². The summed E-state index contributed by atoms with van der Waals surface area (Å²) in [5.41, 5.74) is 0.518. The van der Waals surface area contributed by atoms with Crippen molar-refractivity contribution in [2.45, 2.75) is 25.3 Å². The predicted molar refractivity (Wildman–Crippen MR) is 68.6 cm³/mol. The Morgan fingerprint density at radius 1 is 1.47 bits per heavy atom. The van der Waals surface area contributed by atoms with Crippen molar-refractivity contribution in [2.75, 3.05) is 13.6 Å². The van der Waals surface area contributed by atoms with Crippen LogP contribution < -0.4 is 10.6 Å². The second-order valence-electron chi connectivity index (χ2n) is 4.95. The largest absolute Gasteiger partial charge is 0.358 e. The molecule has 0 radical (unpaired) electrons. The smallest absolute Gasteiger partial charge is 0.236 e. The summed E-state index contributed by atoms with van der Waals surface area (Å²) in [6.07, 6.45) is 2.11. The molecule has 1 amide bonds. The Bertz CT molecular complexity index is 465. The molecule has 2 rings (SSSR count). The SMILES string of the molecule is CNC(=O)C1CC(Cc2ccc(F)cc2F)CCN1. The molecular formula is C14H18F2N2O. The minimum absolute atomic E-state index is 0.0377. The van der Waals surface area contributed by atoms with E-state index >= 15 is 0 Å². The van der Waals surface area contributed by atoms with Crippen molar-refractivity contribution in [2.24, 2.45) is 5.92 Å². The molecule has 1 saturated heterocycles. The summed E-state index contributed by atoms with van der Waals surface area (Å²) in [6, 6.07) is 3.46. The Morgan fingerprint density at radius 3 is 2.95 bits per heavy atom. The van der Waals surface area contributed by atoms with Crippen molar-refractivity contribution >= 4 is 5.91 Å². The number of hydrogen-bond donors (Lipinski definition) is 2. The first-order valence-electron chi connectivity index (χ1n) is 6.49. The third-order valence-corrected chi connectivity index (χ3v) is 3.60. The lowest BCUT2D eigenvalue weighted by atomic mass is 9.86. The van der Waals surface area contributed by atoms with Crippen LogP contribution in [0.25, 0.3) is 0 Å². The molecule has 104 valence electrons. The maximum Gasteiger partial charge on any atom is 0.236 e. The molecule has 5 heteroatoms. The molecule has 1 aliphatic rings. The van der Waals surface area contributed by atoms with Gasteiger partial charge >= 0.3 is 0 Å². The van der Waals surface area contributed by atoms with Crippen molar-refractivity contribution < 1.29 is 13.6 Å². The second kappa shape index (κ2) is 6.10. The van der Waals surface area contributed by atoms with Gasteiger partial charge in [-0.25, -0.2) is 8.78 Å². The quantitative estimate of drug-likeness (QED) is 0.874. The van der Waals surface area contributed by atoms with Gasteiger partial charge in [0.2, 0.25) is 5.91 Å². The predicted octanol–water partition coefficient (Wildman–Crippen LogP) is 1.62. The molecule has 19 heavy (non-hydrogen) atoms. The van der Waals surface area contributed by atoms with Crippen molar-refractivity contribution in [3.05, 3.63) is 35.4 Å². The van der Waals surface area contributed by atoms with Crippen LogP contribution in [0.2, 0.25) is 0 Å². The van der Waals surface area contributed by atoms with Gasteiger partial charge in [0.05, 0.1) is 6.04 Å². The first-order chi connectivity index (χ1) is 9.10. The Hall–Kier alpha value is -1.49. The van der Waals surface area contributed by atoms with Gasteiger partial charge < -0.3 is 10.6 Å². The molecule has 0 bridgehead atoms. The first-order valence-corrected chi connectivity index (χ1v) is 6.49. The fraction of sp³-hybridized carbons (Fsp3) is 0.500. The minimum atomic E-state index is -0.560. The van der Waals surface area contributed by atoms with Gasteiger partial charge in [-0.2, -0.15) is 0 Å². The summed E-state index contributed by atoms with van der Waals surface area (Å²) in [5.74, 6) is -0.863. The summed E-state index contributed by atoms with van der Waals surface area (Å²) in [7, 11) is 1.60. The first kappa shape index (κ1) is 13.9. The zero-order chi connectivity index (χ0) is 13.8. The fourth-order valence-corrected chi connectivity index (χ4v) is 2.55. The van der Waals surface area contributed by atoms with Crippen LogP contribution in [-0.2, 0) is 11.2 Å². The summed E-state index contributed by atoms with van der Waals surface area (Å²) >= 11 is 0. The van der Waals surface area contributed by atoms with Gasteiger partial charge in [-0.3, -0.25) is 4.79 Å². The van der Waals surface area contributed by atoms with E-state index in [4.69, 9.17) is 0 Å². The third-order valence-electron chi connectivity index (χ3n) is 3.60. The summed E-state index contributed by atoms with van der Waals surface area (Å²) in [5, 5.41) is 5.76. The number of carbonyl (C=O) groups excluding carboxylic acids is 1. The molecule has 2 unspecified atom stereocenters. The average molecular weight is 268 g/mol. The Morgan fingerprint density at radius 2 is 2.26 bits per heavy atom. The van der Waals surface area contributed by atoms with E-state index in [9.17, 15) is 13.6 Å². The molecule has 1 fully saturated rings. The van der Waals surface area contributed by atoms with Gasteiger partial charge in [0.15, 0.2) is 0 Å². The molecule has 1 aromatic carbocycles. The monoisotopic (exact) mass is 268 g/mol. The zero-order valence-corrected chi connectivity index (χ0v) is 10.9. The third kappa shape index (κ3) is 3.50. The number of benzene rings is 1. The lowest BCUT2D eigenvalue weighted by Crippen LogP contribution is -2.48. The van der Waals surface area contributed by atoms with E-state index in [0.29, 0.717) is 18.4 Å². The number of halogens is 2. The summed E-state index contributed by atoms with van der Waals surface area (Å²) < 4.78 is 26.4. The van der Waals surface area contributed by atoms with Crippen LogP contribution in [0.15, 0.2) is 18.2 Å². The lowest BCUT2D eigenvalue weighted by Gasteiger charge is -2.29. The van der Waals surface area contributed by atoms with E-state index in [0.717, 1.165) is 19.0 Å². The summed E-state index contributed by atoms with van der Waals surface area (Å²) in [4.78, 5) is 11.6. The number of piperidine rings is 1. The molecule has 0 aromatic heterocycles. The molecule has 1 aliphatic heterocycles. The number of nitrogens with one attached hydrogen (secondary N) is 2. The van der Waals surface area contributed by atoms with Gasteiger partial charge in [0, 0.05) is 13.1 Å². The number of amides is 1. The molecule has 1 heterocycles. The van der Waals surface area contributed by atoms with Crippen LogP contribution in [-0.4, -0.2) is 25.5 Å². The average Bonchev–Trinajstić information content (AvgIpc) is 2.41. The van der Waals surface area contributed by atoms with Gasteiger partial charge in [-0.1, -0.05) is 6.07 Å². The van der Waals surface area contributed by atoms with Crippen LogP contribution in [0.3, 0.4) is 0 Å². The molecule has 3 nitrogen and oxygen atoms in total. The highest BCUT2D eigenvalue weighted by molar-refractivity contribution is 5.81. The maximum atomic E-state index is 13.6. The molecule has 0 spiro atoms. The molecule has 2 N–H and O–H groups in total. The van der Waals surface area contributed by atoms with E-state index in [2.05, 4.69) is 10.6 Å². The zero-order valence-electron chi connectivity index (χ0n) is 10.9. The van der Waals surface area contributed by atoms with Crippen molar-refractivity contribution in [1.29, 1.82) is 0 Å². The Labute approximate surface area is 111 Å². The minimum Gasteiger partial charge on any atom is -0.358 e. The molecular weight excluding hydrogens is 250 g/mol. The van der Waals surface area contributed by atoms with Gasteiger partial charge in [-0.15, -0.1) is 0 Å². The number of rotatable bonds is 3. The number of hydrogen-bond acceptors (Lipinski definition) is 2. The van der Waals surface area contributed by atoms with Crippen LogP contribution in [0, 0.1) is 17.6 Å². The van der Waals surface area contributed by atoms with Crippen LogP contribution >= 0.6 is 0 Å². The summed E-state index contributed by atoms with van der Waals surface area (Å²) in [6.45, 7) is 0.742. The molecule has 2 atom stereocenters.